The van der Waals surface area contributed by atoms with Gasteiger partial charge >= 0.3 is 0 Å². The van der Waals surface area contributed by atoms with Gasteiger partial charge in [-0.2, -0.15) is 0 Å². The first kappa shape index (κ1) is 24.0. The number of nitrogens with zero attached hydrogens (tertiary/aromatic N) is 2. The van der Waals surface area contributed by atoms with Crippen LogP contribution in [-0.4, -0.2) is 47.0 Å². The maximum absolute atomic E-state index is 13.6. The van der Waals surface area contributed by atoms with E-state index in [-0.39, 0.29) is 23.6 Å². The second kappa shape index (κ2) is 10.8. The summed E-state index contributed by atoms with van der Waals surface area (Å²) >= 11 is 0. The maximum atomic E-state index is 13.6. The molecule has 2 atom stereocenters. The van der Waals surface area contributed by atoms with Gasteiger partial charge in [0.05, 0.1) is 0 Å². The molecule has 0 radical (unpaired) electrons. The molecule has 2 unspecified atom stereocenters. The van der Waals surface area contributed by atoms with E-state index in [2.05, 4.69) is 18.7 Å². The smallest absolute Gasteiger partial charge is 0.253 e. The summed E-state index contributed by atoms with van der Waals surface area (Å²) in [5.41, 5.74) is 2.67. The average molecular weight is 461 g/mol. The molecule has 1 heterocycles. The summed E-state index contributed by atoms with van der Waals surface area (Å²) in [4.78, 5) is 17.7. The van der Waals surface area contributed by atoms with Crippen LogP contribution in [0.15, 0.2) is 78.9 Å². The zero-order chi connectivity index (χ0) is 24.1. The number of likely N-dealkylation sites (tertiary alicyclic amines) is 1. The topological polar surface area (TPSA) is 43.8 Å². The highest BCUT2D eigenvalue weighted by atomic mass is 19.1. The van der Waals surface area contributed by atoms with Crippen molar-refractivity contribution < 1.29 is 14.3 Å². The van der Waals surface area contributed by atoms with Crippen molar-refractivity contribution in [1.29, 1.82) is 0 Å². The molecular formula is C29H33FN2O2. The van der Waals surface area contributed by atoms with Crippen LogP contribution < -0.4 is 0 Å². The standard InChI is InChI=1S/C29H33FN2O2/c1-21(2)16-32(29(34)23-8-4-3-5-9-23)19-25-18-31(17-24-10-6-7-11-28(24)33)20-27(25)22-12-14-26(30)15-13-22/h3-15,21,25,27,33H,16-20H2,1-2H3. The largest absolute Gasteiger partial charge is 0.508 e. The van der Waals surface area contributed by atoms with Crippen LogP contribution in [0.25, 0.3) is 0 Å². The van der Waals surface area contributed by atoms with Crippen LogP contribution in [0.3, 0.4) is 0 Å². The Morgan fingerprint density at radius 3 is 2.35 bits per heavy atom. The second-order valence-electron chi connectivity index (χ2n) is 9.71. The van der Waals surface area contributed by atoms with Gasteiger partial charge in [-0.3, -0.25) is 9.69 Å². The van der Waals surface area contributed by atoms with E-state index in [1.165, 1.54) is 12.1 Å². The van der Waals surface area contributed by atoms with Crippen molar-refractivity contribution in [2.45, 2.75) is 26.3 Å². The third-order valence-electron chi connectivity index (χ3n) is 6.55. The number of hydrogen-bond donors (Lipinski definition) is 1. The zero-order valence-electron chi connectivity index (χ0n) is 19.9. The molecule has 4 nitrogen and oxygen atoms in total. The third kappa shape index (κ3) is 5.84. The molecule has 1 fully saturated rings. The lowest BCUT2D eigenvalue weighted by Crippen LogP contribution is -2.39. The summed E-state index contributed by atoms with van der Waals surface area (Å²) in [6.07, 6.45) is 0. The van der Waals surface area contributed by atoms with Crippen molar-refractivity contribution in [2.24, 2.45) is 11.8 Å². The minimum absolute atomic E-state index is 0.0475. The molecule has 34 heavy (non-hydrogen) atoms. The minimum Gasteiger partial charge on any atom is -0.508 e. The van der Waals surface area contributed by atoms with Crippen LogP contribution in [0.2, 0.25) is 0 Å². The fraction of sp³-hybridized carbons (Fsp3) is 0.345. The summed E-state index contributed by atoms with van der Waals surface area (Å²) in [5, 5.41) is 10.3. The molecule has 1 saturated heterocycles. The lowest BCUT2D eigenvalue weighted by atomic mass is 9.88. The zero-order valence-corrected chi connectivity index (χ0v) is 19.9. The van der Waals surface area contributed by atoms with Crippen molar-refractivity contribution in [2.75, 3.05) is 26.2 Å². The monoisotopic (exact) mass is 460 g/mol. The quantitative estimate of drug-likeness (QED) is 0.480. The summed E-state index contributed by atoms with van der Waals surface area (Å²) in [6.45, 7) is 7.79. The number of halogens is 1. The van der Waals surface area contributed by atoms with Crippen molar-refractivity contribution in [1.82, 2.24) is 9.80 Å². The van der Waals surface area contributed by atoms with E-state index in [0.29, 0.717) is 36.9 Å². The van der Waals surface area contributed by atoms with E-state index < -0.39 is 0 Å². The highest BCUT2D eigenvalue weighted by molar-refractivity contribution is 5.94. The van der Waals surface area contributed by atoms with Gasteiger partial charge in [0, 0.05) is 49.8 Å². The van der Waals surface area contributed by atoms with Crippen molar-refractivity contribution in [3.8, 4) is 5.75 Å². The Kier molecular flexibility index (Phi) is 7.63. The number of hydrogen-bond acceptors (Lipinski definition) is 3. The Bertz CT molecular complexity index is 1080. The fourth-order valence-corrected chi connectivity index (χ4v) is 4.98. The second-order valence-corrected chi connectivity index (χ2v) is 9.71. The van der Waals surface area contributed by atoms with Gasteiger partial charge in [-0.1, -0.05) is 62.4 Å². The lowest BCUT2D eigenvalue weighted by molar-refractivity contribution is 0.0703. The molecule has 0 aliphatic carbocycles. The molecule has 0 aromatic heterocycles. The van der Waals surface area contributed by atoms with E-state index in [1.54, 1.807) is 6.07 Å². The Morgan fingerprint density at radius 1 is 1.00 bits per heavy atom. The normalized spacial score (nSPS) is 18.4. The molecule has 3 aromatic rings. The number of para-hydroxylation sites is 1. The van der Waals surface area contributed by atoms with Gasteiger partial charge in [-0.15, -0.1) is 0 Å². The molecular weight excluding hydrogens is 427 g/mol. The first-order valence-corrected chi connectivity index (χ1v) is 12.0. The number of rotatable bonds is 8. The van der Waals surface area contributed by atoms with Crippen molar-refractivity contribution >= 4 is 5.91 Å². The molecule has 0 spiro atoms. The van der Waals surface area contributed by atoms with Gasteiger partial charge in [-0.25, -0.2) is 4.39 Å². The predicted molar refractivity (Wildman–Crippen MR) is 133 cm³/mol. The van der Waals surface area contributed by atoms with Crippen LogP contribution in [0.1, 0.15) is 41.3 Å². The van der Waals surface area contributed by atoms with Crippen LogP contribution in [0, 0.1) is 17.7 Å². The molecule has 1 amide bonds. The molecule has 0 bridgehead atoms. The fourth-order valence-electron chi connectivity index (χ4n) is 4.98. The molecule has 5 heteroatoms. The predicted octanol–water partition coefficient (Wildman–Crippen LogP) is 5.55. The molecule has 1 aliphatic rings. The van der Waals surface area contributed by atoms with Crippen LogP contribution >= 0.6 is 0 Å². The molecule has 1 aliphatic heterocycles. The first-order valence-electron chi connectivity index (χ1n) is 12.0. The van der Waals surface area contributed by atoms with Crippen LogP contribution in [0.5, 0.6) is 5.75 Å². The molecule has 178 valence electrons. The van der Waals surface area contributed by atoms with Crippen LogP contribution in [0.4, 0.5) is 4.39 Å². The van der Waals surface area contributed by atoms with E-state index in [0.717, 1.165) is 24.2 Å². The SMILES string of the molecule is CC(C)CN(CC1CN(Cc2ccccc2O)CC1c1ccc(F)cc1)C(=O)c1ccccc1. The highest BCUT2D eigenvalue weighted by Gasteiger charge is 2.36. The van der Waals surface area contributed by atoms with Gasteiger partial charge in [0.1, 0.15) is 11.6 Å². The Morgan fingerprint density at radius 2 is 1.68 bits per heavy atom. The summed E-state index contributed by atoms with van der Waals surface area (Å²) in [6, 6.07) is 23.6. The molecule has 3 aromatic carbocycles. The van der Waals surface area contributed by atoms with Gasteiger partial charge < -0.3 is 10.0 Å². The van der Waals surface area contributed by atoms with Gasteiger partial charge in [0.25, 0.3) is 5.91 Å². The van der Waals surface area contributed by atoms with Gasteiger partial charge in [0.2, 0.25) is 0 Å². The summed E-state index contributed by atoms with van der Waals surface area (Å²) in [7, 11) is 0. The summed E-state index contributed by atoms with van der Waals surface area (Å²) in [5.74, 6) is 0.810. The van der Waals surface area contributed by atoms with Gasteiger partial charge in [-0.05, 0) is 47.7 Å². The Balaban J connectivity index is 1.58. The minimum atomic E-state index is -0.245. The molecule has 1 N–H and O–H groups in total. The Hall–Kier alpha value is -3.18. The van der Waals surface area contributed by atoms with Crippen LogP contribution in [-0.2, 0) is 6.54 Å². The number of carbonyl (C=O) groups is 1. The highest BCUT2D eigenvalue weighted by Crippen LogP contribution is 2.35. The summed E-state index contributed by atoms with van der Waals surface area (Å²) < 4.78 is 13.6. The van der Waals surface area contributed by atoms with E-state index in [4.69, 9.17) is 0 Å². The van der Waals surface area contributed by atoms with Crippen molar-refractivity contribution in [3.05, 3.63) is 101 Å². The van der Waals surface area contributed by atoms with Gasteiger partial charge in [0.15, 0.2) is 0 Å². The number of aromatic hydroxyl groups is 1. The van der Waals surface area contributed by atoms with E-state index in [1.807, 2.05) is 65.6 Å². The lowest BCUT2D eigenvalue weighted by Gasteiger charge is -2.30. The first-order chi connectivity index (χ1) is 16.4. The third-order valence-corrected chi connectivity index (χ3v) is 6.55. The Labute approximate surface area is 201 Å². The number of phenols is 1. The van der Waals surface area contributed by atoms with Crippen molar-refractivity contribution in [3.63, 3.8) is 0 Å². The molecule has 0 saturated carbocycles. The number of phenolic OH excluding ortho intramolecular Hbond substituents is 1. The van der Waals surface area contributed by atoms with E-state index >= 15 is 0 Å². The number of carbonyl (C=O) groups excluding carboxylic acids is 1. The number of amides is 1. The average Bonchev–Trinajstić information content (AvgIpc) is 3.22. The maximum Gasteiger partial charge on any atom is 0.253 e. The number of benzene rings is 3. The molecule has 4 rings (SSSR count). The van der Waals surface area contributed by atoms with E-state index in [9.17, 15) is 14.3 Å².